The predicted molar refractivity (Wildman–Crippen MR) is 103 cm³/mol. The Labute approximate surface area is 167 Å². The van der Waals surface area contributed by atoms with Crippen LogP contribution in [-0.4, -0.2) is 46.9 Å². The normalized spacial score (nSPS) is 19.9. The molecule has 4 amide bonds. The van der Waals surface area contributed by atoms with E-state index >= 15 is 0 Å². The highest BCUT2D eigenvalue weighted by molar-refractivity contribution is 6.09. The van der Waals surface area contributed by atoms with Gasteiger partial charge < -0.3 is 15.0 Å². The largest absolute Gasteiger partial charge is 0.497 e. The van der Waals surface area contributed by atoms with Gasteiger partial charge in [-0.2, -0.15) is 0 Å². The van der Waals surface area contributed by atoms with Gasteiger partial charge in [-0.05, 0) is 29.8 Å². The van der Waals surface area contributed by atoms with Crippen LogP contribution in [0.15, 0.2) is 42.7 Å². The van der Waals surface area contributed by atoms with Gasteiger partial charge in [-0.15, -0.1) is 0 Å². The summed E-state index contributed by atoms with van der Waals surface area (Å²) in [6, 6.07) is 8.26. The lowest BCUT2D eigenvalue weighted by molar-refractivity contribution is -0.122. The molecule has 8 heteroatoms. The third-order valence-corrected chi connectivity index (χ3v) is 4.98. The van der Waals surface area contributed by atoms with Gasteiger partial charge in [0.2, 0.25) is 0 Å². The maximum Gasteiger partial charge on any atom is 0.323 e. The number of methoxy groups -OCH3 is 1. The van der Waals surface area contributed by atoms with E-state index in [0.717, 1.165) is 5.56 Å². The summed E-state index contributed by atoms with van der Waals surface area (Å²) in [7, 11) is 1.55. The van der Waals surface area contributed by atoms with E-state index in [9.17, 15) is 14.4 Å². The monoisotopic (exact) mass is 390 g/mol. The number of nitrogens with one attached hydrogen (secondary N) is 2. The molecule has 0 radical (unpaired) electrons. The molecule has 1 saturated heterocycles. The first-order valence-electron chi connectivity index (χ1n) is 9.04. The summed E-state index contributed by atoms with van der Waals surface area (Å²) in [5.41, 5.74) is 0.697. The standard InChI is InChI=1S/C21H18N4O4/c1-29-16-5-4-15-13-25(18(26)17(15)11-16)10-8-21(19(27)23-20(28)24-21)7-6-14-3-2-9-22-12-14/h2-5,9,11-12H,8,10,13H2,1H3,(H2,23,24,27,28). The summed E-state index contributed by atoms with van der Waals surface area (Å²) in [4.78, 5) is 42.6. The van der Waals surface area contributed by atoms with Crippen LogP contribution in [0.1, 0.15) is 27.9 Å². The maximum atomic E-state index is 12.7. The Bertz CT molecular complexity index is 1060. The fourth-order valence-electron chi connectivity index (χ4n) is 3.38. The fraction of sp³-hybridized carbons (Fsp3) is 0.238. The lowest BCUT2D eigenvalue weighted by atomic mass is 9.95. The molecule has 0 spiro atoms. The van der Waals surface area contributed by atoms with E-state index < -0.39 is 17.5 Å². The first-order chi connectivity index (χ1) is 14.0. The predicted octanol–water partition coefficient (Wildman–Crippen LogP) is 1.07. The number of urea groups is 1. The number of amides is 4. The summed E-state index contributed by atoms with van der Waals surface area (Å²) in [5, 5.41) is 4.85. The Balaban J connectivity index is 1.54. The number of nitrogens with zero attached hydrogens (tertiary/aromatic N) is 2. The van der Waals surface area contributed by atoms with Crippen LogP contribution in [0.2, 0.25) is 0 Å². The quantitative estimate of drug-likeness (QED) is 0.601. The van der Waals surface area contributed by atoms with Crippen molar-refractivity contribution in [2.24, 2.45) is 0 Å². The zero-order chi connectivity index (χ0) is 20.4. The third kappa shape index (κ3) is 3.50. The van der Waals surface area contributed by atoms with E-state index in [1.54, 1.807) is 48.7 Å². The Morgan fingerprint density at radius 3 is 2.83 bits per heavy atom. The van der Waals surface area contributed by atoms with E-state index in [1.807, 2.05) is 6.07 Å². The van der Waals surface area contributed by atoms with Crippen LogP contribution in [0, 0.1) is 11.8 Å². The zero-order valence-electron chi connectivity index (χ0n) is 15.7. The number of hydrogen-bond donors (Lipinski definition) is 2. The summed E-state index contributed by atoms with van der Waals surface area (Å²) in [5.74, 6) is 5.72. The summed E-state index contributed by atoms with van der Waals surface area (Å²) in [6.45, 7) is 0.686. The molecule has 2 N–H and O–H groups in total. The van der Waals surface area contributed by atoms with E-state index in [2.05, 4.69) is 27.5 Å². The number of carbonyl (C=O) groups is 3. The molecule has 4 rings (SSSR count). The number of carbonyl (C=O) groups excluding carboxylic acids is 3. The second-order valence-electron chi connectivity index (χ2n) is 6.81. The Morgan fingerprint density at radius 1 is 1.28 bits per heavy atom. The van der Waals surface area contributed by atoms with Crippen molar-refractivity contribution in [2.75, 3.05) is 13.7 Å². The van der Waals surface area contributed by atoms with Crippen molar-refractivity contribution in [2.45, 2.75) is 18.5 Å². The van der Waals surface area contributed by atoms with Crippen LogP contribution in [0.25, 0.3) is 0 Å². The van der Waals surface area contributed by atoms with E-state index in [1.165, 1.54) is 0 Å². The van der Waals surface area contributed by atoms with Gasteiger partial charge in [0.15, 0.2) is 5.54 Å². The molecule has 146 valence electrons. The maximum absolute atomic E-state index is 12.7. The van der Waals surface area contributed by atoms with Crippen molar-refractivity contribution in [3.05, 3.63) is 59.4 Å². The van der Waals surface area contributed by atoms with Gasteiger partial charge in [0, 0.05) is 43.0 Å². The van der Waals surface area contributed by atoms with Crippen LogP contribution in [0.3, 0.4) is 0 Å². The third-order valence-electron chi connectivity index (χ3n) is 4.98. The van der Waals surface area contributed by atoms with Gasteiger partial charge in [0.05, 0.1) is 7.11 Å². The molecule has 0 bridgehead atoms. The Morgan fingerprint density at radius 2 is 2.14 bits per heavy atom. The zero-order valence-corrected chi connectivity index (χ0v) is 15.7. The topological polar surface area (TPSA) is 101 Å². The lowest BCUT2D eigenvalue weighted by Crippen LogP contribution is -2.48. The van der Waals surface area contributed by atoms with E-state index in [-0.39, 0.29) is 18.9 Å². The minimum atomic E-state index is -1.40. The van der Waals surface area contributed by atoms with Crippen molar-refractivity contribution < 1.29 is 19.1 Å². The van der Waals surface area contributed by atoms with Gasteiger partial charge in [-0.25, -0.2) is 4.79 Å². The minimum absolute atomic E-state index is 0.140. The van der Waals surface area contributed by atoms with Crippen molar-refractivity contribution in [1.82, 2.24) is 20.5 Å². The summed E-state index contributed by atoms with van der Waals surface area (Å²) >= 11 is 0. The highest BCUT2D eigenvalue weighted by atomic mass is 16.5. The number of rotatable bonds is 4. The van der Waals surface area contributed by atoms with Crippen LogP contribution in [0.4, 0.5) is 4.79 Å². The summed E-state index contributed by atoms with van der Waals surface area (Å²) in [6.07, 6.45) is 3.36. The lowest BCUT2D eigenvalue weighted by Gasteiger charge is -2.23. The number of ether oxygens (including phenoxy) is 1. The smallest absolute Gasteiger partial charge is 0.323 e. The molecule has 8 nitrogen and oxygen atoms in total. The molecule has 1 aromatic carbocycles. The van der Waals surface area contributed by atoms with E-state index in [0.29, 0.717) is 23.4 Å². The molecule has 29 heavy (non-hydrogen) atoms. The van der Waals surface area contributed by atoms with Gasteiger partial charge in [0.25, 0.3) is 11.8 Å². The molecule has 2 aromatic rings. The average molecular weight is 390 g/mol. The van der Waals surface area contributed by atoms with Crippen LogP contribution >= 0.6 is 0 Å². The Hall–Kier alpha value is -3.86. The molecular formula is C21H18N4O4. The average Bonchev–Trinajstić information content (AvgIpc) is 3.20. The van der Waals surface area contributed by atoms with Gasteiger partial charge in [0.1, 0.15) is 5.75 Å². The molecule has 1 aromatic heterocycles. The van der Waals surface area contributed by atoms with E-state index in [4.69, 9.17) is 4.74 Å². The van der Waals surface area contributed by atoms with Crippen molar-refractivity contribution in [3.8, 4) is 17.6 Å². The van der Waals surface area contributed by atoms with Crippen molar-refractivity contribution in [1.29, 1.82) is 0 Å². The number of benzene rings is 1. The molecule has 0 aliphatic carbocycles. The summed E-state index contributed by atoms with van der Waals surface area (Å²) < 4.78 is 5.19. The Kier molecular flexibility index (Phi) is 4.64. The fourth-order valence-corrected chi connectivity index (χ4v) is 3.38. The number of aromatic nitrogens is 1. The highest BCUT2D eigenvalue weighted by Crippen LogP contribution is 2.28. The van der Waals surface area contributed by atoms with Crippen molar-refractivity contribution in [3.63, 3.8) is 0 Å². The molecular weight excluding hydrogens is 372 g/mol. The minimum Gasteiger partial charge on any atom is -0.497 e. The molecule has 2 aliphatic rings. The second kappa shape index (κ2) is 7.28. The number of hydrogen-bond acceptors (Lipinski definition) is 5. The molecule has 3 heterocycles. The SMILES string of the molecule is COc1ccc2c(c1)C(=O)N(CCC1(C#Cc3cccnc3)NC(=O)NC1=O)C2. The first-order valence-corrected chi connectivity index (χ1v) is 9.04. The second-order valence-corrected chi connectivity index (χ2v) is 6.81. The molecule has 0 saturated carbocycles. The molecule has 1 atom stereocenters. The van der Waals surface area contributed by atoms with Gasteiger partial charge in [-0.3, -0.25) is 19.9 Å². The van der Waals surface area contributed by atoms with Crippen LogP contribution < -0.4 is 15.4 Å². The van der Waals surface area contributed by atoms with Crippen molar-refractivity contribution >= 4 is 17.8 Å². The molecule has 2 aliphatic heterocycles. The first kappa shape index (κ1) is 18.5. The van der Waals surface area contributed by atoms with Gasteiger partial charge >= 0.3 is 6.03 Å². The highest BCUT2D eigenvalue weighted by Gasteiger charge is 2.45. The van der Waals surface area contributed by atoms with Crippen LogP contribution in [-0.2, 0) is 11.3 Å². The number of imide groups is 1. The molecule has 1 fully saturated rings. The number of fused-ring (bicyclic) bond motifs is 1. The molecule has 1 unspecified atom stereocenters. The number of pyridine rings is 1. The van der Waals surface area contributed by atoms with Crippen LogP contribution in [0.5, 0.6) is 5.75 Å². The van der Waals surface area contributed by atoms with Gasteiger partial charge in [-0.1, -0.05) is 17.9 Å².